The van der Waals surface area contributed by atoms with Gasteiger partial charge in [0.15, 0.2) is 11.6 Å². The van der Waals surface area contributed by atoms with E-state index >= 15 is 0 Å². The number of rotatable bonds is 9. The van der Waals surface area contributed by atoms with E-state index in [-0.39, 0.29) is 29.4 Å². The minimum absolute atomic E-state index is 0.0466. The molecule has 3 fully saturated rings. The highest BCUT2D eigenvalue weighted by Crippen LogP contribution is 2.34. The van der Waals surface area contributed by atoms with Crippen molar-refractivity contribution in [1.29, 1.82) is 5.26 Å². The number of halogens is 1. The van der Waals surface area contributed by atoms with Crippen LogP contribution in [0.2, 0.25) is 0 Å². The van der Waals surface area contributed by atoms with Crippen LogP contribution in [0.1, 0.15) is 88.1 Å². The molecule has 0 spiro atoms. The molecule has 4 heterocycles. The highest BCUT2D eigenvalue weighted by atomic mass is 19.1. The van der Waals surface area contributed by atoms with E-state index < -0.39 is 23.8 Å². The Morgan fingerprint density at radius 2 is 1.82 bits per heavy atom. The number of anilines is 1. The Bertz CT molecular complexity index is 1340. The highest BCUT2D eigenvalue weighted by Gasteiger charge is 2.40. The molecule has 2 amide bonds. The fraction of sp³-hybridized carbons (Fsp3) is 0.636. The first-order chi connectivity index (χ1) is 21.1. The summed E-state index contributed by atoms with van der Waals surface area (Å²) in [6, 6.07) is 6.88. The monoisotopic (exact) mass is 608 g/mol. The molecule has 3 saturated heterocycles. The standard InChI is InChI=1S/C33H45FN6O4/c1-21(2)31(29-18-30(37-44-29)39-15-8-23(9-16-39)20-38-13-10-26(41)11-14-38)33(43)40-12-4-5-28(40)32(42)36-22(3)24-6-7-25(19-35)27(34)17-24/h6-7,17-18,21-23,26,28,31,41H,4-5,8-16,20H2,1-3H3,(H,36,42)/t22?,28-,31+/m0/s1. The fourth-order valence-electron chi connectivity index (χ4n) is 6.89. The maximum atomic E-state index is 14.2. The minimum atomic E-state index is -0.627. The number of benzene rings is 1. The van der Waals surface area contributed by atoms with Crippen molar-refractivity contribution in [3.05, 3.63) is 47.0 Å². The average molecular weight is 609 g/mol. The lowest BCUT2D eigenvalue weighted by atomic mass is 9.91. The van der Waals surface area contributed by atoms with E-state index in [0.717, 1.165) is 64.2 Å². The zero-order chi connectivity index (χ0) is 31.4. The number of amides is 2. The molecule has 3 aliphatic rings. The molecule has 1 aromatic heterocycles. The Morgan fingerprint density at radius 3 is 2.48 bits per heavy atom. The van der Waals surface area contributed by atoms with Gasteiger partial charge in [0.2, 0.25) is 11.8 Å². The van der Waals surface area contributed by atoms with Crippen LogP contribution < -0.4 is 10.2 Å². The van der Waals surface area contributed by atoms with E-state index in [1.165, 1.54) is 12.1 Å². The van der Waals surface area contributed by atoms with Crippen molar-refractivity contribution in [2.75, 3.05) is 44.2 Å². The minimum Gasteiger partial charge on any atom is -0.393 e. The normalized spacial score (nSPS) is 21.8. The predicted octanol–water partition coefficient (Wildman–Crippen LogP) is 3.97. The number of hydrogen-bond acceptors (Lipinski definition) is 8. The molecule has 238 valence electrons. The van der Waals surface area contributed by atoms with Crippen molar-refractivity contribution in [1.82, 2.24) is 20.3 Å². The molecule has 1 unspecified atom stereocenters. The van der Waals surface area contributed by atoms with Crippen LogP contribution in [0.4, 0.5) is 10.2 Å². The Hall–Kier alpha value is -3.49. The molecule has 5 rings (SSSR count). The van der Waals surface area contributed by atoms with Crippen LogP contribution in [0.5, 0.6) is 0 Å². The molecule has 1 aromatic carbocycles. The first-order valence-corrected chi connectivity index (χ1v) is 16.1. The molecule has 0 aliphatic carbocycles. The number of hydrogen-bond donors (Lipinski definition) is 2. The van der Waals surface area contributed by atoms with Crippen LogP contribution in [-0.2, 0) is 9.59 Å². The smallest absolute Gasteiger partial charge is 0.243 e. The number of piperidine rings is 2. The van der Waals surface area contributed by atoms with Gasteiger partial charge in [0.25, 0.3) is 0 Å². The first-order valence-electron chi connectivity index (χ1n) is 16.1. The van der Waals surface area contributed by atoms with Crippen LogP contribution >= 0.6 is 0 Å². The van der Waals surface area contributed by atoms with Gasteiger partial charge in [-0.3, -0.25) is 9.59 Å². The molecule has 0 radical (unpaired) electrons. The number of nitriles is 1. The second-order valence-electron chi connectivity index (χ2n) is 13.0. The maximum Gasteiger partial charge on any atom is 0.243 e. The summed E-state index contributed by atoms with van der Waals surface area (Å²) < 4.78 is 20.0. The molecule has 3 aliphatic heterocycles. The number of aromatic nitrogens is 1. The summed E-state index contributed by atoms with van der Waals surface area (Å²) in [4.78, 5) is 33.7. The van der Waals surface area contributed by atoms with Crippen LogP contribution in [-0.4, -0.2) is 83.3 Å². The van der Waals surface area contributed by atoms with Crippen molar-refractivity contribution < 1.29 is 23.6 Å². The molecule has 2 aromatic rings. The van der Waals surface area contributed by atoms with Gasteiger partial charge >= 0.3 is 0 Å². The Labute approximate surface area is 259 Å². The number of aliphatic hydroxyl groups excluding tert-OH is 1. The molecule has 2 N–H and O–H groups in total. The summed E-state index contributed by atoms with van der Waals surface area (Å²) in [6.07, 6.45) is 4.95. The van der Waals surface area contributed by atoms with Crippen molar-refractivity contribution in [3.63, 3.8) is 0 Å². The number of carbonyl (C=O) groups is 2. The third-order valence-corrected chi connectivity index (χ3v) is 9.58. The zero-order valence-electron chi connectivity index (χ0n) is 26.0. The van der Waals surface area contributed by atoms with Gasteiger partial charge in [0.05, 0.1) is 17.7 Å². The van der Waals surface area contributed by atoms with Gasteiger partial charge < -0.3 is 29.6 Å². The number of aliphatic hydroxyl groups is 1. The lowest BCUT2D eigenvalue weighted by molar-refractivity contribution is -0.141. The number of nitrogens with zero attached hydrogens (tertiary/aromatic N) is 5. The summed E-state index contributed by atoms with van der Waals surface area (Å²) in [5.41, 5.74) is 0.505. The van der Waals surface area contributed by atoms with Gasteiger partial charge in [-0.25, -0.2) is 4.39 Å². The van der Waals surface area contributed by atoms with Gasteiger partial charge in [-0.2, -0.15) is 5.26 Å². The van der Waals surface area contributed by atoms with Gasteiger partial charge in [-0.15, -0.1) is 0 Å². The van der Waals surface area contributed by atoms with E-state index in [9.17, 15) is 19.1 Å². The molecule has 10 nitrogen and oxygen atoms in total. The summed E-state index contributed by atoms with van der Waals surface area (Å²) >= 11 is 0. The molecule has 11 heteroatoms. The van der Waals surface area contributed by atoms with Gasteiger partial charge in [-0.1, -0.05) is 25.1 Å². The van der Waals surface area contributed by atoms with E-state index in [1.54, 1.807) is 24.0 Å². The van der Waals surface area contributed by atoms with E-state index in [2.05, 4.69) is 20.3 Å². The zero-order valence-corrected chi connectivity index (χ0v) is 26.0. The molecular formula is C33H45FN6O4. The molecule has 0 bridgehead atoms. The number of nitrogens with one attached hydrogen (secondary N) is 1. The Morgan fingerprint density at radius 1 is 1.09 bits per heavy atom. The lowest BCUT2D eigenvalue weighted by Gasteiger charge is -2.36. The van der Waals surface area contributed by atoms with Gasteiger partial charge in [0, 0.05) is 45.3 Å². The second kappa shape index (κ2) is 14.1. The van der Waals surface area contributed by atoms with Crippen molar-refractivity contribution >= 4 is 17.6 Å². The van der Waals surface area contributed by atoms with Gasteiger partial charge in [-0.05, 0) is 75.0 Å². The van der Waals surface area contributed by atoms with E-state index in [4.69, 9.17) is 9.78 Å². The van der Waals surface area contributed by atoms with Gasteiger partial charge in [0.1, 0.15) is 23.8 Å². The largest absolute Gasteiger partial charge is 0.393 e. The first kappa shape index (κ1) is 31.9. The quantitative estimate of drug-likeness (QED) is 0.438. The second-order valence-corrected chi connectivity index (χ2v) is 13.0. The maximum absolute atomic E-state index is 14.2. The summed E-state index contributed by atoms with van der Waals surface area (Å²) in [5, 5.41) is 26.1. The topological polar surface area (TPSA) is 126 Å². The van der Waals surface area contributed by atoms with E-state index in [0.29, 0.717) is 36.6 Å². The third-order valence-electron chi connectivity index (χ3n) is 9.58. The van der Waals surface area contributed by atoms with Crippen LogP contribution in [0.15, 0.2) is 28.8 Å². The van der Waals surface area contributed by atoms with Crippen LogP contribution in [0.25, 0.3) is 0 Å². The van der Waals surface area contributed by atoms with Crippen molar-refractivity contribution in [2.24, 2.45) is 11.8 Å². The molecule has 0 saturated carbocycles. The predicted molar refractivity (Wildman–Crippen MR) is 163 cm³/mol. The van der Waals surface area contributed by atoms with Crippen molar-refractivity contribution in [2.45, 2.75) is 83.4 Å². The van der Waals surface area contributed by atoms with Crippen LogP contribution in [0, 0.1) is 29.0 Å². The SMILES string of the molecule is CC(NC(=O)[C@@H]1CCCN1C(=O)[C@@H](c1cc(N2CCC(CN3CCC(O)CC3)CC2)no1)C(C)C)c1ccc(C#N)c(F)c1. The average Bonchev–Trinajstić information content (AvgIpc) is 3.69. The Kier molecular flexibility index (Phi) is 10.2. The third kappa shape index (κ3) is 7.24. The number of carbonyl (C=O) groups excluding carboxylic acids is 2. The van der Waals surface area contributed by atoms with Crippen LogP contribution in [0.3, 0.4) is 0 Å². The lowest BCUT2D eigenvalue weighted by Crippen LogP contribution is -2.48. The summed E-state index contributed by atoms with van der Waals surface area (Å²) in [7, 11) is 0. The molecule has 44 heavy (non-hydrogen) atoms. The molecule has 3 atom stereocenters. The molecular weight excluding hydrogens is 563 g/mol. The van der Waals surface area contributed by atoms with Crippen molar-refractivity contribution in [3.8, 4) is 6.07 Å². The summed E-state index contributed by atoms with van der Waals surface area (Å²) in [5.74, 6) is 0.190. The number of likely N-dealkylation sites (tertiary alicyclic amines) is 2. The van der Waals surface area contributed by atoms with E-state index in [1.807, 2.05) is 19.9 Å². The highest BCUT2D eigenvalue weighted by molar-refractivity contribution is 5.91. The Balaban J connectivity index is 1.19. The fourth-order valence-corrected chi connectivity index (χ4v) is 6.89. The summed E-state index contributed by atoms with van der Waals surface area (Å²) in [6.45, 7) is 10.9.